The lowest BCUT2D eigenvalue weighted by atomic mass is 10.3. The topological polar surface area (TPSA) is 0 Å². The van der Waals surface area contributed by atoms with Crippen molar-refractivity contribution < 1.29 is 0 Å². The van der Waals surface area contributed by atoms with Crippen molar-refractivity contribution >= 4 is 15.3 Å². The van der Waals surface area contributed by atoms with Gasteiger partial charge in [-0.3, -0.25) is 0 Å². The molecule has 0 spiro atoms. The fraction of sp³-hybridized carbons (Fsp3) is 0.833. The lowest BCUT2D eigenvalue weighted by Crippen LogP contribution is -1.78. The number of hydrogen-bond acceptors (Lipinski definition) is 0. The van der Waals surface area contributed by atoms with Crippen molar-refractivity contribution in [1.29, 1.82) is 0 Å². The Balaban J connectivity index is 2.64. The Labute approximate surface area is 47.9 Å². The van der Waals surface area contributed by atoms with E-state index in [1.807, 2.05) is 0 Å². The molecular weight excluding hydrogens is 104 g/mol. The molecular formula is C6H12S. The molecule has 0 N–H and O–H groups in total. The van der Waals surface area contributed by atoms with Gasteiger partial charge in [0, 0.05) is 0 Å². The summed E-state index contributed by atoms with van der Waals surface area (Å²) in [6.45, 7) is 2.29. The van der Waals surface area contributed by atoms with Gasteiger partial charge in [-0.25, -0.2) is 0 Å². The van der Waals surface area contributed by atoms with Crippen LogP contribution in [0.25, 0.3) is 0 Å². The third kappa shape index (κ3) is 1.06. The minimum atomic E-state index is 0.699. The van der Waals surface area contributed by atoms with E-state index in [0.717, 1.165) is 0 Å². The van der Waals surface area contributed by atoms with Gasteiger partial charge in [0.1, 0.15) is 0 Å². The van der Waals surface area contributed by atoms with Gasteiger partial charge >= 0.3 is 0 Å². The van der Waals surface area contributed by atoms with Gasteiger partial charge in [-0.2, -0.15) is 10.5 Å². The van der Waals surface area contributed by atoms with Gasteiger partial charge in [0.25, 0.3) is 0 Å². The molecule has 0 amide bonds. The van der Waals surface area contributed by atoms with E-state index in [9.17, 15) is 0 Å². The summed E-state index contributed by atoms with van der Waals surface area (Å²) in [5.41, 5.74) is 0. The van der Waals surface area contributed by atoms with Crippen LogP contribution < -0.4 is 0 Å². The van der Waals surface area contributed by atoms with E-state index in [4.69, 9.17) is 0 Å². The van der Waals surface area contributed by atoms with Crippen molar-refractivity contribution in [3.63, 3.8) is 0 Å². The lowest BCUT2D eigenvalue weighted by Gasteiger charge is -1.90. The molecule has 1 aliphatic heterocycles. The van der Waals surface area contributed by atoms with Crippen LogP contribution in [-0.4, -0.2) is 16.9 Å². The highest BCUT2D eigenvalue weighted by atomic mass is 32.2. The summed E-state index contributed by atoms with van der Waals surface area (Å²) in [7, 11) is 0.699. The maximum atomic E-state index is 2.35. The molecule has 0 radical (unpaired) electrons. The third-order valence-electron chi connectivity index (χ3n) is 1.57. The van der Waals surface area contributed by atoms with Crippen molar-refractivity contribution in [2.75, 3.05) is 12.0 Å². The molecule has 1 heteroatoms. The van der Waals surface area contributed by atoms with Crippen LogP contribution in [0.1, 0.15) is 19.8 Å². The highest BCUT2D eigenvalue weighted by Gasteiger charge is 2.02. The summed E-state index contributed by atoms with van der Waals surface area (Å²) in [4.78, 5) is 1.74. The maximum absolute atomic E-state index is 2.35. The van der Waals surface area contributed by atoms with E-state index in [1.165, 1.54) is 18.6 Å². The first kappa shape index (κ1) is 5.36. The molecule has 1 unspecified atom stereocenters. The SMILES string of the molecule is CC1=S(C)CCC1. The summed E-state index contributed by atoms with van der Waals surface area (Å²) < 4.78 is 0. The molecule has 0 bridgehead atoms. The average molecular weight is 116 g/mol. The van der Waals surface area contributed by atoms with E-state index in [1.54, 1.807) is 4.86 Å². The molecule has 1 heterocycles. The van der Waals surface area contributed by atoms with Crippen LogP contribution in [0.15, 0.2) is 0 Å². The zero-order chi connectivity index (χ0) is 5.28. The zero-order valence-electron chi connectivity index (χ0n) is 5.03. The second-order valence-electron chi connectivity index (χ2n) is 2.15. The fourth-order valence-corrected chi connectivity index (χ4v) is 2.30. The minimum absolute atomic E-state index is 0.699. The van der Waals surface area contributed by atoms with Gasteiger partial charge in [-0.1, -0.05) is 4.86 Å². The minimum Gasteiger partial charge on any atom is -0.190 e. The van der Waals surface area contributed by atoms with E-state index >= 15 is 0 Å². The first-order valence-electron chi connectivity index (χ1n) is 2.75. The van der Waals surface area contributed by atoms with Crippen LogP contribution in [0.5, 0.6) is 0 Å². The van der Waals surface area contributed by atoms with Crippen LogP contribution in [0.4, 0.5) is 0 Å². The molecule has 0 aromatic carbocycles. The molecule has 1 aliphatic rings. The predicted molar refractivity (Wildman–Crippen MR) is 38.3 cm³/mol. The van der Waals surface area contributed by atoms with Gasteiger partial charge in [0.15, 0.2) is 0 Å². The first-order chi connectivity index (χ1) is 3.30. The molecule has 0 aromatic heterocycles. The maximum Gasteiger partial charge on any atom is -0.0117 e. The highest BCUT2D eigenvalue weighted by molar-refractivity contribution is 8.15. The Morgan fingerprint density at radius 3 is 2.43 bits per heavy atom. The van der Waals surface area contributed by atoms with Crippen LogP contribution >= 0.6 is 10.5 Å². The van der Waals surface area contributed by atoms with Crippen molar-refractivity contribution in [3.05, 3.63) is 0 Å². The summed E-state index contributed by atoms with van der Waals surface area (Å²) in [5, 5.41) is 0. The lowest BCUT2D eigenvalue weighted by molar-refractivity contribution is 1.03. The summed E-state index contributed by atoms with van der Waals surface area (Å²) >= 11 is 0. The van der Waals surface area contributed by atoms with Gasteiger partial charge in [0.2, 0.25) is 0 Å². The molecule has 0 saturated carbocycles. The molecule has 0 saturated heterocycles. The average Bonchev–Trinajstić information content (AvgIpc) is 1.91. The van der Waals surface area contributed by atoms with Crippen molar-refractivity contribution in [1.82, 2.24) is 0 Å². The summed E-state index contributed by atoms with van der Waals surface area (Å²) in [6.07, 6.45) is 5.20. The van der Waals surface area contributed by atoms with E-state index in [-0.39, 0.29) is 0 Å². The van der Waals surface area contributed by atoms with E-state index in [2.05, 4.69) is 13.2 Å². The van der Waals surface area contributed by atoms with Crippen molar-refractivity contribution in [2.24, 2.45) is 0 Å². The fourth-order valence-electron chi connectivity index (χ4n) is 0.886. The Kier molecular flexibility index (Phi) is 1.53. The quantitative estimate of drug-likeness (QED) is 0.424. The Morgan fingerprint density at radius 2 is 2.29 bits per heavy atom. The molecule has 1 rings (SSSR count). The third-order valence-corrected chi connectivity index (χ3v) is 3.87. The van der Waals surface area contributed by atoms with Crippen molar-refractivity contribution in [3.8, 4) is 0 Å². The second kappa shape index (κ2) is 1.99. The molecule has 0 fully saturated rings. The van der Waals surface area contributed by atoms with Crippen LogP contribution in [0.3, 0.4) is 0 Å². The molecule has 7 heavy (non-hydrogen) atoms. The van der Waals surface area contributed by atoms with Crippen molar-refractivity contribution in [2.45, 2.75) is 19.8 Å². The van der Waals surface area contributed by atoms with Crippen LogP contribution in [-0.2, 0) is 0 Å². The number of rotatable bonds is 0. The monoisotopic (exact) mass is 116 g/mol. The van der Waals surface area contributed by atoms with Gasteiger partial charge in [-0.15, -0.1) is 0 Å². The Bertz CT molecular complexity index is 90.7. The van der Waals surface area contributed by atoms with Gasteiger partial charge < -0.3 is 0 Å². The largest absolute Gasteiger partial charge is 0.190 e. The number of hydrogen-bond donors (Lipinski definition) is 0. The molecule has 1 atom stereocenters. The normalized spacial score (nSPS) is 31.7. The smallest absolute Gasteiger partial charge is 0.0117 e. The predicted octanol–water partition coefficient (Wildman–Crippen LogP) is 1.87. The summed E-state index contributed by atoms with van der Waals surface area (Å²) in [6, 6.07) is 0. The van der Waals surface area contributed by atoms with Gasteiger partial charge in [0.05, 0.1) is 0 Å². The Morgan fingerprint density at radius 1 is 1.57 bits per heavy atom. The van der Waals surface area contributed by atoms with Crippen LogP contribution in [0.2, 0.25) is 0 Å². The van der Waals surface area contributed by atoms with Gasteiger partial charge in [-0.05, 0) is 31.8 Å². The van der Waals surface area contributed by atoms with E-state index < -0.39 is 0 Å². The molecule has 0 aromatic rings. The van der Waals surface area contributed by atoms with E-state index in [0.29, 0.717) is 10.5 Å². The Hall–Kier alpha value is 0.220. The molecule has 42 valence electrons. The standard InChI is InChI=1S/C6H12S/c1-6-4-3-5-7(6)2/h3-5H2,1-2H3. The second-order valence-corrected chi connectivity index (χ2v) is 4.53. The first-order valence-corrected chi connectivity index (χ1v) is 4.56. The molecule has 0 aliphatic carbocycles. The highest BCUT2D eigenvalue weighted by Crippen LogP contribution is 2.21. The molecule has 0 nitrogen and oxygen atoms in total. The zero-order valence-corrected chi connectivity index (χ0v) is 5.85. The van der Waals surface area contributed by atoms with Crippen LogP contribution in [0, 0.1) is 0 Å². The summed E-state index contributed by atoms with van der Waals surface area (Å²) in [5.74, 6) is 1.46.